The maximum atomic E-state index is 14.5. The molecule has 2 unspecified atom stereocenters. The quantitative estimate of drug-likeness (QED) is 0.329. The van der Waals surface area contributed by atoms with Crippen molar-refractivity contribution in [2.75, 3.05) is 29.5 Å². The average molecular weight is 613 g/mol. The Bertz CT molecular complexity index is 1220. The maximum absolute atomic E-state index is 14.5. The number of amides is 1. The fourth-order valence-corrected chi connectivity index (χ4v) is 5.43. The molecule has 1 amide bonds. The Morgan fingerprint density at radius 1 is 1.22 bits per heavy atom. The summed E-state index contributed by atoms with van der Waals surface area (Å²) < 4.78 is 57.8. The van der Waals surface area contributed by atoms with E-state index in [2.05, 4.69) is 27.7 Å². The first-order valence-electron chi connectivity index (χ1n) is 11.5. The van der Waals surface area contributed by atoms with Gasteiger partial charge >= 0.3 is 6.18 Å². The van der Waals surface area contributed by atoms with Crippen molar-refractivity contribution in [3.63, 3.8) is 0 Å². The number of benzene rings is 2. The van der Waals surface area contributed by atoms with Crippen LogP contribution in [0.15, 0.2) is 47.6 Å². The minimum absolute atomic E-state index is 0.0398. The van der Waals surface area contributed by atoms with Crippen LogP contribution in [0, 0.1) is 26.6 Å². The first-order valence-corrected chi connectivity index (χ1v) is 12.6. The first kappa shape index (κ1) is 26.3. The molecule has 0 aliphatic carbocycles. The lowest BCUT2D eigenvalue weighted by molar-refractivity contribution is -0.132. The molecule has 11 heteroatoms. The third-order valence-corrected chi connectivity index (χ3v) is 7.47. The molecule has 1 fully saturated rings. The molecule has 2 aromatic carbocycles. The Balaban J connectivity index is 1.96. The lowest BCUT2D eigenvalue weighted by atomic mass is 9.86. The van der Waals surface area contributed by atoms with Crippen LogP contribution < -0.4 is 9.91 Å². The van der Waals surface area contributed by atoms with Gasteiger partial charge in [-0.05, 0) is 84.8 Å². The van der Waals surface area contributed by atoms with Crippen molar-refractivity contribution in [2.45, 2.75) is 38.5 Å². The van der Waals surface area contributed by atoms with Gasteiger partial charge in [-0.15, -0.1) is 0 Å². The monoisotopic (exact) mass is 613 g/mol. The Hall–Kier alpha value is -2.72. The zero-order chi connectivity index (χ0) is 26.3. The summed E-state index contributed by atoms with van der Waals surface area (Å²) in [7, 11) is 0. The topological polar surface area (TPSA) is 62.9 Å². The van der Waals surface area contributed by atoms with Crippen LogP contribution in [0.1, 0.15) is 32.3 Å². The van der Waals surface area contributed by atoms with Gasteiger partial charge in [0.25, 0.3) is 5.91 Å². The molecule has 0 saturated carbocycles. The van der Waals surface area contributed by atoms with Crippen LogP contribution in [-0.4, -0.2) is 48.0 Å². The van der Waals surface area contributed by atoms with E-state index < -0.39 is 35.2 Å². The molecule has 0 N–H and O–H groups in total. The molecule has 2 atom stereocenters. The van der Waals surface area contributed by atoms with Gasteiger partial charge in [0.05, 0.1) is 17.2 Å². The summed E-state index contributed by atoms with van der Waals surface area (Å²) in [6.45, 7) is 4.12. The number of likely N-dealkylation sites (N-methyl/N-ethyl adjacent to an activating group) is 1. The molecule has 36 heavy (non-hydrogen) atoms. The summed E-state index contributed by atoms with van der Waals surface area (Å²) in [6, 6.07) is 12.3. The molecule has 1 saturated heterocycles. The van der Waals surface area contributed by atoms with Crippen molar-refractivity contribution in [3.8, 4) is 6.07 Å². The number of hydrogen-bond acceptors (Lipinski definition) is 5. The third-order valence-electron chi connectivity index (χ3n) is 6.75. The number of rotatable bonds is 5. The fraction of sp³-hybridized carbons (Fsp3) is 0.400. The van der Waals surface area contributed by atoms with Crippen molar-refractivity contribution >= 4 is 45.6 Å². The number of nitriles is 1. The molecule has 6 nitrogen and oxygen atoms in total. The number of carbonyl (C=O) groups is 1. The van der Waals surface area contributed by atoms with Gasteiger partial charge in [-0.1, -0.05) is 6.92 Å². The normalized spacial score (nSPS) is 22.4. The van der Waals surface area contributed by atoms with Crippen LogP contribution in [0.2, 0.25) is 0 Å². The molecular weight excluding hydrogens is 589 g/mol. The lowest BCUT2D eigenvalue weighted by Crippen LogP contribution is -2.69. The highest BCUT2D eigenvalue weighted by atomic mass is 127. The van der Waals surface area contributed by atoms with Crippen LogP contribution in [0.3, 0.4) is 0 Å². The van der Waals surface area contributed by atoms with E-state index in [4.69, 9.17) is 0 Å². The van der Waals surface area contributed by atoms with Crippen LogP contribution in [0.5, 0.6) is 0 Å². The van der Waals surface area contributed by atoms with Crippen molar-refractivity contribution < 1.29 is 22.4 Å². The first-order chi connectivity index (χ1) is 17.0. The molecule has 2 aliphatic rings. The van der Waals surface area contributed by atoms with Gasteiger partial charge in [0.1, 0.15) is 17.6 Å². The summed E-state index contributed by atoms with van der Waals surface area (Å²) in [5.74, 6) is -2.73. The number of likely N-dealkylation sites (tertiary alicyclic amines) is 1. The van der Waals surface area contributed by atoms with Crippen molar-refractivity contribution in [1.82, 2.24) is 4.90 Å². The van der Waals surface area contributed by atoms with Gasteiger partial charge in [-0.3, -0.25) is 9.69 Å². The molecule has 2 heterocycles. The van der Waals surface area contributed by atoms with Gasteiger partial charge in [0, 0.05) is 28.9 Å². The molecular formula is C25H24F4IN5O. The molecule has 2 aromatic rings. The highest BCUT2D eigenvalue weighted by Gasteiger charge is 2.64. The molecule has 190 valence electrons. The average Bonchev–Trinajstić information content (AvgIpc) is 3.48. The largest absolute Gasteiger partial charge is 0.431 e. The summed E-state index contributed by atoms with van der Waals surface area (Å²) in [6.07, 6.45) is -3.38. The highest BCUT2D eigenvalue weighted by molar-refractivity contribution is 14.1. The highest BCUT2D eigenvalue weighted by Crippen LogP contribution is 2.46. The van der Waals surface area contributed by atoms with E-state index in [1.807, 2.05) is 12.1 Å². The predicted octanol–water partition coefficient (Wildman–Crippen LogP) is 5.52. The van der Waals surface area contributed by atoms with Crippen molar-refractivity contribution in [3.05, 3.63) is 57.4 Å². The second kappa shape index (κ2) is 9.97. The van der Waals surface area contributed by atoms with E-state index in [0.29, 0.717) is 31.6 Å². The van der Waals surface area contributed by atoms with Gasteiger partial charge < -0.3 is 4.90 Å². The number of halogens is 5. The van der Waals surface area contributed by atoms with Crippen LogP contribution in [0.25, 0.3) is 0 Å². The van der Waals surface area contributed by atoms with E-state index in [-0.39, 0.29) is 17.8 Å². The third kappa shape index (κ3) is 4.34. The smallest absolute Gasteiger partial charge is 0.309 e. The minimum Gasteiger partial charge on any atom is -0.309 e. The molecule has 0 bridgehead atoms. The Kier molecular flexibility index (Phi) is 7.30. The summed E-state index contributed by atoms with van der Waals surface area (Å²) in [5.41, 5.74) is -2.71. The maximum Gasteiger partial charge on any atom is 0.431 e. The summed E-state index contributed by atoms with van der Waals surface area (Å²) >= 11 is 2.14. The Morgan fingerprint density at radius 3 is 2.42 bits per heavy atom. The molecule has 4 rings (SSSR count). The van der Waals surface area contributed by atoms with Gasteiger partial charge in [-0.2, -0.15) is 23.5 Å². The lowest BCUT2D eigenvalue weighted by Gasteiger charge is -2.47. The van der Waals surface area contributed by atoms with E-state index in [1.165, 1.54) is 17.9 Å². The van der Waals surface area contributed by atoms with Crippen molar-refractivity contribution in [2.24, 2.45) is 11.0 Å². The van der Waals surface area contributed by atoms with E-state index >= 15 is 0 Å². The second-order valence-electron chi connectivity index (χ2n) is 8.74. The number of alkyl halides is 3. The van der Waals surface area contributed by atoms with E-state index in [0.717, 1.165) is 20.7 Å². The zero-order valence-corrected chi connectivity index (χ0v) is 21.8. The minimum atomic E-state index is -4.79. The predicted molar refractivity (Wildman–Crippen MR) is 137 cm³/mol. The van der Waals surface area contributed by atoms with Crippen LogP contribution >= 0.6 is 22.6 Å². The number of hydrogen-bond donors (Lipinski definition) is 0. The SMILES string of the molecule is CCN(C(=O)C1(N2CCCC2)C(C)C(C(F)(F)F)=NN1c1ccc(F)c(C#N)c1)c1ccc(I)cc1. The number of carbonyl (C=O) groups excluding carboxylic acids is 1. The van der Waals surface area contributed by atoms with Crippen LogP contribution in [-0.2, 0) is 4.79 Å². The number of anilines is 2. The Labute approximate surface area is 220 Å². The second-order valence-corrected chi connectivity index (χ2v) is 9.98. The van der Waals surface area contributed by atoms with Crippen LogP contribution in [0.4, 0.5) is 28.9 Å². The van der Waals surface area contributed by atoms with Crippen molar-refractivity contribution in [1.29, 1.82) is 5.26 Å². The number of nitrogens with zero attached hydrogens (tertiary/aromatic N) is 5. The van der Waals surface area contributed by atoms with E-state index in [9.17, 15) is 27.6 Å². The fourth-order valence-electron chi connectivity index (χ4n) is 5.07. The number of hydrazone groups is 1. The molecule has 0 spiro atoms. The summed E-state index contributed by atoms with van der Waals surface area (Å²) in [4.78, 5) is 17.7. The summed E-state index contributed by atoms with van der Waals surface area (Å²) in [5, 5.41) is 14.4. The molecule has 2 aliphatic heterocycles. The van der Waals surface area contributed by atoms with Gasteiger partial charge in [0.15, 0.2) is 0 Å². The van der Waals surface area contributed by atoms with Gasteiger partial charge in [0.2, 0.25) is 5.66 Å². The van der Waals surface area contributed by atoms with Gasteiger partial charge in [-0.25, -0.2) is 9.40 Å². The Morgan fingerprint density at radius 2 is 1.86 bits per heavy atom. The zero-order valence-electron chi connectivity index (χ0n) is 19.7. The van der Waals surface area contributed by atoms with E-state index in [1.54, 1.807) is 30.0 Å². The molecule has 0 radical (unpaired) electrons. The standard InChI is InChI=1S/C25H24F4IN5O/c1-3-34(19-8-6-18(30)7-9-19)23(36)24(33-12-4-5-13-33)16(2)22(25(27,28)29)32-35(24)20-10-11-21(26)17(14-20)15-31/h6-11,14,16H,3-5,12-13H2,1-2H3. The molecule has 0 aromatic heterocycles.